The predicted octanol–water partition coefficient (Wildman–Crippen LogP) is 3.30. The van der Waals surface area contributed by atoms with Crippen LogP contribution in [0.25, 0.3) is 11.0 Å². The van der Waals surface area contributed by atoms with Crippen molar-refractivity contribution >= 4 is 28.9 Å². The van der Waals surface area contributed by atoms with E-state index in [0.29, 0.717) is 34.8 Å². The number of aldehydes is 1. The van der Waals surface area contributed by atoms with Crippen LogP contribution in [0.4, 0.5) is 0 Å². The molecule has 0 amide bonds. The van der Waals surface area contributed by atoms with Gasteiger partial charge in [0.15, 0.2) is 17.6 Å². The zero-order valence-electron chi connectivity index (χ0n) is 8.12. The van der Waals surface area contributed by atoms with Crippen molar-refractivity contribution in [3.63, 3.8) is 0 Å². The molecule has 0 unspecified atom stereocenters. The van der Waals surface area contributed by atoms with E-state index in [1.165, 1.54) is 6.26 Å². The van der Waals surface area contributed by atoms with Gasteiger partial charge in [-0.2, -0.15) is 0 Å². The van der Waals surface area contributed by atoms with Crippen LogP contribution in [0, 0.1) is 0 Å². The van der Waals surface area contributed by atoms with E-state index >= 15 is 0 Å². The fraction of sp³-hybridized carbons (Fsp3) is 0.182. The average molecular weight is 225 g/mol. The third kappa shape index (κ3) is 1.59. The summed E-state index contributed by atoms with van der Waals surface area (Å²) in [4.78, 5) is 10.8. The van der Waals surface area contributed by atoms with Crippen LogP contribution in [0.2, 0.25) is 5.02 Å². The zero-order chi connectivity index (χ0) is 10.8. The smallest absolute Gasteiger partial charge is 0.177 e. The maximum Gasteiger partial charge on any atom is 0.177 e. The molecule has 0 spiro atoms. The van der Waals surface area contributed by atoms with Crippen molar-refractivity contribution < 1.29 is 13.9 Å². The normalized spacial score (nSPS) is 10.5. The molecule has 0 atom stereocenters. The van der Waals surface area contributed by atoms with Crippen molar-refractivity contribution in [2.24, 2.45) is 0 Å². The van der Waals surface area contributed by atoms with Crippen molar-refractivity contribution in [3.05, 3.63) is 29.0 Å². The zero-order valence-corrected chi connectivity index (χ0v) is 8.88. The third-order valence-electron chi connectivity index (χ3n) is 2.09. The number of hydrogen-bond acceptors (Lipinski definition) is 3. The second kappa shape index (κ2) is 3.95. The molecule has 2 aromatic rings. The van der Waals surface area contributed by atoms with E-state index in [0.717, 1.165) is 5.39 Å². The molecule has 2 rings (SSSR count). The van der Waals surface area contributed by atoms with E-state index in [1.807, 2.05) is 6.92 Å². The molecule has 1 heterocycles. The summed E-state index contributed by atoms with van der Waals surface area (Å²) in [6.07, 6.45) is 2.23. The molecular formula is C11H9ClO3. The van der Waals surface area contributed by atoms with Gasteiger partial charge in [-0.05, 0) is 19.1 Å². The topological polar surface area (TPSA) is 39.4 Å². The number of fused-ring (bicyclic) bond motifs is 1. The molecule has 15 heavy (non-hydrogen) atoms. The van der Waals surface area contributed by atoms with E-state index in [4.69, 9.17) is 20.8 Å². The summed E-state index contributed by atoms with van der Waals surface area (Å²) in [6.45, 7) is 2.32. The number of benzene rings is 1. The summed E-state index contributed by atoms with van der Waals surface area (Å²) in [6, 6.07) is 3.33. The number of carbonyl (C=O) groups excluding carboxylic acids is 1. The van der Waals surface area contributed by atoms with E-state index in [2.05, 4.69) is 0 Å². The summed E-state index contributed by atoms with van der Waals surface area (Å²) in [7, 11) is 0. The van der Waals surface area contributed by atoms with Crippen molar-refractivity contribution in [2.45, 2.75) is 6.92 Å². The number of hydrogen-bond donors (Lipinski definition) is 0. The first kappa shape index (κ1) is 10.1. The molecule has 0 N–H and O–H groups in total. The molecule has 0 saturated heterocycles. The van der Waals surface area contributed by atoms with Crippen LogP contribution in [0.5, 0.6) is 5.75 Å². The van der Waals surface area contributed by atoms with Crippen molar-refractivity contribution in [3.8, 4) is 5.75 Å². The van der Waals surface area contributed by atoms with Gasteiger partial charge in [-0.3, -0.25) is 4.79 Å². The lowest BCUT2D eigenvalue weighted by atomic mass is 10.1. The van der Waals surface area contributed by atoms with E-state index in [9.17, 15) is 4.79 Å². The first-order valence-electron chi connectivity index (χ1n) is 4.55. The Bertz CT molecular complexity index is 502. The molecule has 0 aliphatic rings. The first-order chi connectivity index (χ1) is 7.27. The Balaban J connectivity index is 2.76. The number of furan rings is 1. The third-order valence-corrected chi connectivity index (χ3v) is 2.40. The summed E-state index contributed by atoms with van der Waals surface area (Å²) in [5.74, 6) is 0.455. The standard InChI is InChI=1S/C11H9ClO3/c1-2-14-10-7(6-13)5-9(12)8-3-4-15-11(8)10/h3-6H,2H2,1H3. The predicted molar refractivity (Wildman–Crippen MR) is 57.8 cm³/mol. The fourth-order valence-electron chi connectivity index (χ4n) is 1.46. The molecule has 4 heteroatoms. The largest absolute Gasteiger partial charge is 0.489 e. The van der Waals surface area contributed by atoms with Crippen LogP contribution in [-0.4, -0.2) is 12.9 Å². The molecule has 0 radical (unpaired) electrons. The summed E-state index contributed by atoms with van der Waals surface area (Å²) < 4.78 is 10.6. The highest BCUT2D eigenvalue weighted by molar-refractivity contribution is 6.36. The van der Waals surface area contributed by atoms with Crippen LogP contribution in [0.1, 0.15) is 17.3 Å². The lowest BCUT2D eigenvalue weighted by molar-refractivity contribution is 0.112. The van der Waals surface area contributed by atoms with Gasteiger partial charge in [0.25, 0.3) is 0 Å². The molecule has 1 aromatic heterocycles. The van der Waals surface area contributed by atoms with Gasteiger partial charge in [-0.15, -0.1) is 0 Å². The van der Waals surface area contributed by atoms with E-state index in [-0.39, 0.29) is 0 Å². The van der Waals surface area contributed by atoms with Gasteiger partial charge < -0.3 is 9.15 Å². The van der Waals surface area contributed by atoms with Gasteiger partial charge in [-0.25, -0.2) is 0 Å². The maximum atomic E-state index is 10.8. The lowest BCUT2D eigenvalue weighted by Crippen LogP contribution is -1.96. The van der Waals surface area contributed by atoms with Crippen molar-refractivity contribution in [2.75, 3.05) is 6.61 Å². The number of rotatable bonds is 3. The van der Waals surface area contributed by atoms with Gasteiger partial charge in [0.05, 0.1) is 23.5 Å². The minimum atomic E-state index is 0.407. The maximum absolute atomic E-state index is 10.8. The average Bonchev–Trinajstić information content (AvgIpc) is 2.71. The molecule has 78 valence electrons. The molecule has 0 bridgehead atoms. The lowest BCUT2D eigenvalue weighted by Gasteiger charge is -2.07. The monoisotopic (exact) mass is 224 g/mol. The molecule has 3 nitrogen and oxygen atoms in total. The minimum Gasteiger partial charge on any atom is -0.489 e. The molecular weight excluding hydrogens is 216 g/mol. The van der Waals surface area contributed by atoms with E-state index < -0.39 is 0 Å². The minimum absolute atomic E-state index is 0.407. The van der Waals surface area contributed by atoms with Crippen LogP contribution in [-0.2, 0) is 0 Å². The summed E-state index contributed by atoms with van der Waals surface area (Å²) in [5.41, 5.74) is 0.927. The number of ether oxygens (including phenoxy) is 1. The van der Waals surface area contributed by atoms with Gasteiger partial charge in [-0.1, -0.05) is 11.6 Å². The molecule has 1 aromatic carbocycles. The molecule has 0 fully saturated rings. The quantitative estimate of drug-likeness (QED) is 0.751. The van der Waals surface area contributed by atoms with E-state index in [1.54, 1.807) is 12.1 Å². The summed E-state index contributed by atoms with van der Waals surface area (Å²) >= 11 is 5.98. The second-order valence-corrected chi connectivity index (χ2v) is 3.40. The SMILES string of the molecule is CCOc1c(C=O)cc(Cl)c2ccoc12. The first-order valence-corrected chi connectivity index (χ1v) is 4.93. The Kier molecular flexibility index (Phi) is 2.64. The molecule has 0 saturated carbocycles. The highest BCUT2D eigenvalue weighted by Crippen LogP contribution is 2.35. The number of carbonyl (C=O) groups is 1. The Morgan fingerprint density at radius 2 is 2.40 bits per heavy atom. The van der Waals surface area contributed by atoms with Crippen LogP contribution >= 0.6 is 11.6 Å². The van der Waals surface area contributed by atoms with Crippen LogP contribution in [0.15, 0.2) is 22.8 Å². The van der Waals surface area contributed by atoms with Gasteiger partial charge >= 0.3 is 0 Å². The van der Waals surface area contributed by atoms with Gasteiger partial charge in [0.2, 0.25) is 0 Å². The van der Waals surface area contributed by atoms with Gasteiger partial charge in [0, 0.05) is 5.39 Å². The van der Waals surface area contributed by atoms with Gasteiger partial charge in [0.1, 0.15) is 0 Å². The Morgan fingerprint density at radius 3 is 3.07 bits per heavy atom. The Hall–Kier alpha value is -1.48. The highest BCUT2D eigenvalue weighted by atomic mass is 35.5. The van der Waals surface area contributed by atoms with Crippen LogP contribution < -0.4 is 4.74 Å². The highest BCUT2D eigenvalue weighted by Gasteiger charge is 2.14. The van der Waals surface area contributed by atoms with Crippen molar-refractivity contribution in [1.82, 2.24) is 0 Å². The fourth-order valence-corrected chi connectivity index (χ4v) is 1.73. The Labute approximate surface area is 91.6 Å². The van der Waals surface area contributed by atoms with Crippen molar-refractivity contribution in [1.29, 1.82) is 0 Å². The Morgan fingerprint density at radius 1 is 1.60 bits per heavy atom. The van der Waals surface area contributed by atoms with Crippen LogP contribution in [0.3, 0.4) is 0 Å². The molecule has 0 aliphatic carbocycles. The second-order valence-electron chi connectivity index (χ2n) is 2.99. The number of halogens is 1. The summed E-state index contributed by atoms with van der Waals surface area (Å²) in [5, 5.41) is 1.25. The molecule has 0 aliphatic heterocycles.